The van der Waals surface area contributed by atoms with E-state index in [4.69, 9.17) is 0 Å². The highest BCUT2D eigenvalue weighted by molar-refractivity contribution is 9.10. The van der Waals surface area contributed by atoms with Crippen molar-refractivity contribution in [1.29, 1.82) is 0 Å². The van der Waals surface area contributed by atoms with Crippen LogP contribution in [0.4, 0.5) is 0 Å². The molecule has 13 heavy (non-hydrogen) atoms. The molecule has 0 saturated carbocycles. The first-order valence-corrected chi connectivity index (χ1v) is 4.95. The van der Waals surface area contributed by atoms with Gasteiger partial charge in [-0.25, -0.2) is 0 Å². The quantitative estimate of drug-likeness (QED) is 0.713. The zero-order valence-corrected chi connectivity index (χ0v) is 8.95. The van der Waals surface area contributed by atoms with Crippen molar-refractivity contribution in [1.82, 2.24) is 4.57 Å². The summed E-state index contributed by atoms with van der Waals surface area (Å²) in [6, 6.07) is 10.4. The summed E-state index contributed by atoms with van der Waals surface area (Å²) in [4.78, 5) is 0. The van der Waals surface area contributed by atoms with Crippen LogP contribution in [0.3, 0.4) is 0 Å². The van der Waals surface area contributed by atoms with Crippen LogP contribution in [0.2, 0.25) is 0 Å². The molecule has 1 nitrogen and oxygen atoms in total. The predicted molar refractivity (Wildman–Crippen MR) is 58.2 cm³/mol. The molecule has 2 heteroatoms. The van der Waals surface area contributed by atoms with E-state index in [0.29, 0.717) is 0 Å². The Labute approximate surface area is 86.1 Å². The van der Waals surface area contributed by atoms with Crippen LogP contribution in [0.25, 0.3) is 5.69 Å². The number of nitrogens with zero attached hydrogens (tertiary/aromatic N) is 1. The molecule has 0 radical (unpaired) electrons. The molecule has 2 aromatic rings. The maximum absolute atomic E-state index is 3.49. The van der Waals surface area contributed by atoms with E-state index in [1.807, 2.05) is 24.5 Å². The van der Waals surface area contributed by atoms with Crippen LogP contribution < -0.4 is 0 Å². The van der Waals surface area contributed by atoms with E-state index >= 15 is 0 Å². The minimum Gasteiger partial charge on any atom is -0.324 e. The van der Waals surface area contributed by atoms with Crippen LogP contribution >= 0.6 is 15.9 Å². The van der Waals surface area contributed by atoms with Crippen LogP contribution in [0.15, 0.2) is 47.2 Å². The summed E-state index contributed by atoms with van der Waals surface area (Å²) in [5, 5.41) is 0. The lowest BCUT2D eigenvalue weighted by Gasteiger charge is -2.04. The van der Waals surface area contributed by atoms with Crippen molar-refractivity contribution in [3.05, 3.63) is 52.8 Å². The Morgan fingerprint density at radius 2 is 1.77 bits per heavy atom. The van der Waals surface area contributed by atoms with E-state index < -0.39 is 0 Å². The summed E-state index contributed by atoms with van der Waals surface area (Å²) in [6.07, 6.45) is 4.09. The normalized spacial score (nSPS) is 10.3. The van der Waals surface area contributed by atoms with Crippen LogP contribution in [0.1, 0.15) is 5.56 Å². The zero-order chi connectivity index (χ0) is 9.26. The summed E-state index contributed by atoms with van der Waals surface area (Å²) in [7, 11) is 0. The molecule has 0 aliphatic rings. The average molecular weight is 236 g/mol. The molecule has 0 saturated heterocycles. The monoisotopic (exact) mass is 235 g/mol. The minimum absolute atomic E-state index is 1.12. The van der Waals surface area contributed by atoms with E-state index in [1.54, 1.807) is 0 Å². The molecular weight excluding hydrogens is 226 g/mol. The van der Waals surface area contributed by atoms with Crippen molar-refractivity contribution in [2.24, 2.45) is 0 Å². The van der Waals surface area contributed by atoms with Crippen molar-refractivity contribution >= 4 is 15.9 Å². The molecule has 0 unspecified atom stereocenters. The van der Waals surface area contributed by atoms with Gasteiger partial charge in [0.05, 0.1) is 0 Å². The topological polar surface area (TPSA) is 4.93 Å². The standard InChI is InChI=1S/C11H10BrN/c1-9-6-10(12)8-11(7-9)13-4-2-3-5-13/h2-8H,1H3. The molecule has 1 aromatic carbocycles. The smallest absolute Gasteiger partial charge is 0.0463 e. The number of benzene rings is 1. The van der Waals surface area contributed by atoms with E-state index in [9.17, 15) is 0 Å². The number of aryl methyl sites for hydroxylation is 1. The molecule has 1 aromatic heterocycles. The third kappa shape index (κ3) is 1.83. The van der Waals surface area contributed by atoms with Crippen LogP contribution in [0, 0.1) is 6.92 Å². The SMILES string of the molecule is Cc1cc(Br)cc(-n2cccc2)c1. The van der Waals surface area contributed by atoms with Gasteiger partial charge >= 0.3 is 0 Å². The molecule has 1 heterocycles. The summed E-state index contributed by atoms with van der Waals surface area (Å²) in [5.74, 6) is 0. The van der Waals surface area contributed by atoms with Gasteiger partial charge in [-0.05, 0) is 42.8 Å². The number of rotatable bonds is 1. The van der Waals surface area contributed by atoms with E-state index in [2.05, 4.69) is 45.6 Å². The van der Waals surface area contributed by atoms with Crippen LogP contribution in [0.5, 0.6) is 0 Å². The van der Waals surface area contributed by atoms with Crippen molar-refractivity contribution in [2.45, 2.75) is 6.92 Å². The first-order chi connectivity index (χ1) is 6.25. The zero-order valence-electron chi connectivity index (χ0n) is 7.37. The minimum atomic E-state index is 1.12. The molecule has 0 bridgehead atoms. The fourth-order valence-electron chi connectivity index (χ4n) is 1.37. The Bertz CT molecular complexity index is 384. The highest BCUT2D eigenvalue weighted by Gasteiger charge is 1.97. The van der Waals surface area contributed by atoms with Gasteiger partial charge in [-0.3, -0.25) is 0 Å². The van der Waals surface area contributed by atoms with Crippen LogP contribution in [-0.2, 0) is 0 Å². The maximum atomic E-state index is 3.49. The first kappa shape index (κ1) is 8.57. The molecule has 0 aliphatic heterocycles. The summed E-state index contributed by atoms with van der Waals surface area (Å²) < 4.78 is 3.22. The largest absolute Gasteiger partial charge is 0.324 e. The first-order valence-electron chi connectivity index (χ1n) is 4.16. The maximum Gasteiger partial charge on any atom is 0.0463 e. The molecule has 0 fully saturated rings. The number of halogens is 1. The van der Waals surface area contributed by atoms with E-state index in [-0.39, 0.29) is 0 Å². The third-order valence-corrected chi connectivity index (χ3v) is 2.39. The van der Waals surface area contributed by atoms with Gasteiger partial charge in [0.1, 0.15) is 0 Å². The van der Waals surface area contributed by atoms with E-state index in [0.717, 1.165) is 4.47 Å². The molecule has 66 valence electrons. The van der Waals surface area contributed by atoms with Gasteiger partial charge in [-0.1, -0.05) is 15.9 Å². The van der Waals surface area contributed by atoms with Crippen molar-refractivity contribution in [2.75, 3.05) is 0 Å². The molecule has 0 N–H and O–H groups in total. The van der Waals surface area contributed by atoms with Gasteiger partial charge in [0.15, 0.2) is 0 Å². The lowest BCUT2D eigenvalue weighted by molar-refractivity contribution is 1.07. The van der Waals surface area contributed by atoms with E-state index in [1.165, 1.54) is 11.3 Å². The van der Waals surface area contributed by atoms with Crippen molar-refractivity contribution in [3.63, 3.8) is 0 Å². The predicted octanol–water partition coefficient (Wildman–Crippen LogP) is 3.55. The van der Waals surface area contributed by atoms with Gasteiger partial charge in [-0.15, -0.1) is 0 Å². The summed E-state index contributed by atoms with van der Waals surface area (Å²) in [5.41, 5.74) is 2.45. The number of aromatic nitrogens is 1. The van der Waals surface area contributed by atoms with Crippen LogP contribution in [-0.4, -0.2) is 4.57 Å². The molecule has 0 spiro atoms. The van der Waals surface area contributed by atoms with Crippen molar-refractivity contribution < 1.29 is 0 Å². The van der Waals surface area contributed by atoms with Gasteiger partial charge < -0.3 is 4.57 Å². The average Bonchev–Trinajstić information content (AvgIpc) is 2.53. The summed E-state index contributed by atoms with van der Waals surface area (Å²) in [6.45, 7) is 2.09. The van der Waals surface area contributed by atoms with Gasteiger partial charge in [0.2, 0.25) is 0 Å². The second kappa shape index (κ2) is 3.38. The molecule has 0 aliphatic carbocycles. The summed E-state index contributed by atoms with van der Waals surface area (Å²) >= 11 is 3.49. The Morgan fingerprint density at radius 1 is 1.08 bits per heavy atom. The highest BCUT2D eigenvalue weighted by Crippen LogP contribution is 2.18. The highest BCUT2D eigenvalue weighted by atomic mass is 79.9. The molecule has 0 atom stereocenters. The fourth-order valence-corrected chi connectivity index (χ4v) is 1.97. The van der Waals surface area contributed by atoms with Gasteiger partial charge in [0.25, 0.3) is 0 Å². The number of hydrogen-bond donors (Lipinski definition) is 0. The second-order valence-corrected chi connectivity index (χ2v) is 3.99. The Morgan fingerprint density at radius 3 is 2.38 bits per heavy atom. The lowest BCUT2D eigenvalue weighted by Crippen LogP contribution is -1.89. The molecule has 0 amide bonds. The second-order valence-electron chi connectivity index (χ2n) is 3.08. The molecule has 2 rings (SSSR count). The fraction of sp³-hybridized carbons (Fsp3) is 0.0909. The van der Waals surface area contributed by atoms with Crippen molar-refractivity contribution in [3.8, 4) is 5.69 Å². The Balaban J connectivity index is 2.53. The Kier molecular flexibility index (Phi) is 2.23. The number of hydrogen-bond acceptors (Lipinski definition) is 0. The van der Waals surface area contributed by atoms with Gasteiger partial charge in [0, 0.05) is 22.6 Å². The van der Waals surface area contributed by atoms with Gasteiger partial charge in [-0.2, -0.15) is 0 Å². The molecular formula is C11H10BrN. The third-order valence-electron chi connectivity index (χ3n) is 1.93. The lowest BCUT2D eigenvalue weighted by atomic mass is 10.2. The Hall–Kier alpha value is -1.02.